The molecule has 74 valence electrons. The zero-order valence-corrected chi connectivity index (χ0v) is 8.70. The smallest absolute Gasteiger partial charge is 0.0421 e. The van der Waals surface area contributed by atoms with Gasteiger partial charge in [0.15, 0.2) is 0 Å². The molecule has 0 aliphatic rings. The van der Waals surface area contributed by atoms with Gasteiger partial charge >= 0.3 is 0 Å². The van der Waals surface area contributed by atoms with E-state index in [-0.39, 0.29) is 6.04 Å². The highest BCUT2D eigenvalue weighted by Gasteiger charge is 2.04. The Hall–Kier alpha value is -0.800. The fourth-order valence-electron chi connectivity index (χ4n) is 1.35. The molecule has 0 saturated heterocycles. The summed E-state index contributed by atoms with van der Waals surface area (Å²) in [5, 5.41) is 0. The summed E-state index contributed by atoms with van der Waals surface area (Å²) in [6.07, 6.45) is 2.09. The molecule has 1 rings (SSSR count). The Morgan fingerprint density at radius 2 is 2.23 bits per heavy atom. The Morgan fingerprint density at radius 1 is 1.54 bits per heavy atom. The van der Waals surface area contributed by atoms with Gasteiger partial charge in [-0.3, -0.25) is 0 Å². The van der Waals surface area contributed by atoms with Crippen molar-refractivity contribution in [2.75, 3.05) is 20.6 Å². The van der Waals surface area contributed by atoms with Crippen LogP contribution in [0.2, 0.25) is 0 Å². The number of nitrogens with zero attached hydrogens (tertiary/aromatic N) is 2. The summed E-state index contributed by atoms with van der Waals surface area (Å²) in [6.45, 7) is 4.08. The lowest BCUT2D eigenvalue weighted by Gasteiger charge is -2.14. The lowest BCUT2D eigenvalue weighted by atomic mass is 10.2. The van der Waals surface area contributed by atoms with Gasteiger partial charge in [0.05, 0.1) is 0 Å². The summed E-state index contributed by atoms with van der Waals surface area (Å²) >= 11 is 0. The molecule has 3 heteroatoms. The van der Waals surface area contributed by atoms with Crippen molar-refractivity contribution in [3.8, 4) is 0 Å². The predicted molar refractivity (Wildman–Crippen MR) is 55.6 cm³/mol. The van der Waals surface area contributed by atoms with E-state index in [1.165, 1.54) is 5.69 Å². The van der Waals surface area contributed by atoms with E-state index < -0.39 is 0 Å². The molecule has 0 aliphatic carbocycles. The first-order valence-electron chi connectivity index (χ1n) is 4.66. The maximum atomic E-state index is 5.83. The molecule has 0 spiro atoms. The second-order valence-electron chi connectivity index (χ2n) is 3.72. The average molecular weight is 181 g/mol. The molecule has 1 aromatic rings. The highest BCUT2D eigenvalue weighted by Crippen LogP contribution is 2.10. The van der Waals surface area contributed by atoms with Crippen LogP contribution in [0, 0.1) is 0 Å². The number of rotatable bonds is 4. The van der Waals surface area contributed by atoms with Gasteiger partial charge in [-0.15, -0.1) is 0 Å². The van der Waals surface area contributed by atoms with E-state index in [9.17, 15) is 0 Å². The van der Waals surface area contributed by atoms with Crippen LogP contribution >= 0.6 is 0 Å². The van der Waals surface area contributed by atoms with Gasteiger partial charge in [-0.2, -0.15) is 0 Å². The Labute approximate surface area is 80.1 Å². The minimum Gasteiger partial charge on any atom is -0.349 e. The highest BCUT2D eigenvalue weighted by molar-refractivity contribution is 5.10. The van der Waals surface area contributed by atoms with Crippen LogP contribution < -0.4 is 5.73 Å². The third-order valence-corrected chi connectivity index (χ3v) is 2.12. The second kappa shape index (κ2) is 4.44. The molecule has 1 heterocycles. The second-order valence-corrected chi connectivity index (χ2v) is 3.72. The third-order valence-electron chi connectivity index (χ3n) is 2.12. The number of hydrogen-bond acceptors (Lipinski definition) is 2. The molecule has 1 aromatic heterocycles. The molecule has 0 radical (unpaired) electrons. The quantitative estimate of drug-likeness (QED) is 0.754. The summed E-state index contributed by atoms with van der Waals surface area (Å²) in [7, 11) is 4.16. The molecule has 13 heavy (non-hydrogen) atoms. The van der Waals surface area contributed by atoms with Crippen LogP contribution in [-0.4, -0.2) is 30.1 Å². The fraction of sp³-hybridized carbons (Fsp3) is 0.600. The topological polar surface area (TPSA) is 34.2 Å². The Bertz CT molecular complexity index is 250. The highest BCUT2D eigenvalue weighted by atomic mass is 15.1. The molecule has 0 fully saturated rings. The SMILES string of the molecule is CC(N)c1cccn1CCN(C)C. The normalized spacial score (nSPS) is 13.6. The van der Waals surface area contributed by atoms with E-state index in [4.69, 9.17) is 5.73 Å². The Balaban J connectivity index is 2.60. The van der Waals surface area contributed by atoms with Gasteiger partial charge in [0.25, 0.3) is 0 Å². The van der Waals surface area contributed by atoms with Gasteiger partial charge < -0.3 is 15.2 Å². The summed E-state index contributed by atoms with van der Waals surface area (Å²) in [5.74, 6) is 0. The molecular weight excluding hydrogens is 162 g/mol. The van der Waals surface area contributed by atoms with Gasteiger partial charge in [0, 0.05) is 31.0 Å². The first-order valence-corrected chi connectivity index (χ1v) is 4.66. The minimum atomic E-state index is 0.122. The number of nitrogens with two attached hydrogens (primary N) is 1. The van der Waals surface area contributed by atoms with E-state index in [0.717, 1.165) is 13.1 Å². The van der Waals surface area contributed by atoms with Crippen LogP contribution in [0.25, 0.3) is 0 Å². The van der Waals surface area contributed by atoms with Gasteiger partial charge in [-0.1, -0.05) is 0 Å². The number of likely N-dealkylation sites (N-methyl/N-ethyl adjacent to an activating group) is 1. The zero-order chi connectivity index (χ0) is 9.84. The van der Waals surface area contributed by atoms with Crippen LogP contribution in [0.1, 0.15) is 18.7 Å². The third kappa shape index (κ3) is 2.86. The van der Waals surface area contributed by atoms with Crippen LogP contribution in [-0.2, 0) is 6.54 Å². The molecule has 0 aromatic carbocycles. The number of hydrogen-bond donors (Lipinski definition) is 1. The van der Waals surface area contributed by atoms with Gasteiger partial charge in [0.1, 0.15) is 0 Å². The lowest BCUT2D eigenvalue weighted by molar-refractivity contribution is 0.380. The largest absolute Gasteiger partial charge is 0.349 e. The molecular formula is C10H19N3. The van der Waals surface area contributed by atoms with Crippen LogP contribution in [0.5, 0.6) is 0 Å². The van der Waals surface area contributed by atoms with E-state index >= 15 is 0 Å². The molecule has 2 N–H and O–H groups in total. The number of aromatic nitrogens is 1. The van der Waals surface area contributed by atoms with Crippen LogP contribution in [0.3, 0.4) is 0 Å². The monoisotopic (exact) mass is 181 g/mol. The van der Waals surface area contributed by atoms with E-state index in [2.05, 4.69) is 35.8 Å². The van der Waals surface area contributed by atoms with Gasteiger partial charge in [0.2, 0.25) is 0 Å². The predicted octanol–water partition coefficient (Wildman–Crippen LogP) is 1.07. The molecule has 0 bridgehead atoms. The van der Waals surface area contributed by atoms with Crippen LogP contribution in [0.15, 0.2) is 18.3 Å². The van der Waals surface area contributed by atoms with E-state index in [1.807, 2.05) is 13.0 Å². The van der Waals surface area contributed by atoms with Crippen molar-refractivity contribution in [1.29, 1.82) is 0 Å². The molecule has 0 saturated carbocycles. The molecule has 0 amide bonds. The first-order chi connectivity index (χ1) is 6.11. The van der Waals surface area contributed by atoms with Crippen molar-refractivity contribution in [3.63, 3.8) is 0 Å². The average Bonchev–Trinajstić information content (AvgIpc) is 2.47. The summed E-state index contributed by atoms with van der Waals surface area (Å²) < 4.78 is 2.21. The molecule has 1 atom stereocenters. The lowest BCUT2D eigenvalue weighted by Crippen LogP contribution is -2.20. The summed E-state index contributed by atoms with van der Waals surface area (Å²) in [5.41, 5.74) is 7.04. The van der Waals surface area contributed by atoms with Gasteiger partial charge in [-0.25, -0.2) is 0 Å². The Kier molecular flexibility index (Phi) is 3.51. The fourth-order valence-corrected chi connectivity index (χ4v) is 1.35. The van der Waals surface area contributed by atoms with Crippen molar-refractivity contribution < 1.29 is 0 Å². The van der Waals surface area contributed by atoms with Crippen LogP contribution in [0.4, 0.5) is 0 Å². The van der Waals surface area contributed by atoms with Gasteiger partial charge in [-0.05, 0) is 33.2 Å². The molecule has 0 aliphatic heterocycles. The summed E-state index contributed by atoms with van der Waals surface area (Å²) in [6, 6.07) is 4.26. The maximum Gasteiger partial charge on any atom is 0.0421 e. The van der Waals surface area contributed by atoms with E-state index in [1.54, 1.807) is 0 Å². The van der Waals surface area contributed by atoms with Crippen molar-refractivity contribution in [2.24, 2.45) is 5.73 Å². The molecule has 3 nitrogen and oxygen atoms in total. The summed E-state index contributed by atoms with van der Waals surface area (Å²) in [4.78, 5) is 2.17. The van der Waals surface area contributed by atoms with E-state index in [0.29, 0.717) is 0 Å². The maximum absolute atomic E-state index is 5.83. The van der Waals surface area contributed by atoms with Crippen molar-refractivity contribution in [2.45, 2.75) is 19.5 Å². The van der Waals surface area contributed by atoms with Crippen molar-refractivity contribution >= 4 is 0 Å². The van der Waals surface area contributed by atoms with Crippen molar-refractivity contribution in [1.82, 2.24) is 9.47 Å². The van der Waals surface area contributed by atoms with Crippen molar-refractivity contribution in [3.05, 3.63) is 24.0 Å². The minimum absolute atomic E-state index is 0.122. The Morgan fingerprint density at radius 3 is 2.77 bits per heavy atom. The first kappa shape index (κ1) is 10.3. The molecule has 1 unspecified atom stereocenters. The zero-order valence-electron chi connectivity index (χ0n) is 8.70. The standard InChI is InChI=1S/C10H19N3/c1-9(11)10-5-4-6-13(10)8-7-12(2)3/h4-6,9H,7-8,11H2,1-3H3.